The zero-order valence-corrected chi connectivity index (χ0v) is 22.2. The number of halogens is 4. The van der Waals surface area contributed by atoms with E-state index in [9.17, 15) is 8.78 Å². The lowest BCUT2D eigenvalue weighted by molar-refractivity contribution is 0.164. The zero-order valence-electron chi connectivity index (χ0n) is 22.2. The van der Waals surface area contributed by atoms with E-state index in [4.69, 9.17) is 4.74 Å². The summed E-state index contributed by atoms with van der Waals surface area (Å²) >= 11 is 0. The molecular formula is C33H36F4O. The highest BCUT2D eigenvalue weighted by atomic mass is 19.2. The van der Waals surface area contributed by atoms with E-state index >= 15 is 8.78 Å². The lowest BCUT2D eigenvalue weighted by Crippen LogP contribution is -2.25. The molecule has 0 aliphatic heterocycles. The molecule has 0 bridgehead atoms. The van der Waals surface area contributed by atoms with E-state index in [1.54, 1.807) is 43.3 Å². The Morgan fingerprint density at radius 2 is 1.11 bits per heavy atom. The van der Waals surface area contributed by atoms with Crippen LogP contribution in [0.25, 0.3) is 22.3 Å². The van der Waals surface area contributed by atoms with Gasteiger partial charge in [-0.1, -0.05) is 56.2 Å². The highest BCUT2D eigenvalue weighted by Crippen LogP contribution is 2.45. The molecule has 0 amide bonds. The van der Waals surface area contributed by atoms with Crippen LogP contribution in [0.4, 0.5) is 17.6 Å². The van der Waals surface area contributed by atoms with Crippen molar-refractivity contribution < 1.29 is 22.3 Å². The molecule has 3 aromatic rings. The summed E-state index contributed by atoms with van der Waals surface area (Å²) in [6, 6.07) is 12.6. The fourth-order valence-electron chi connectivity index (χ4n) is 6.61. The Balaban J connectivity index is 1.29. The fraction of sp³-hybridized carbons (Fsp3) is 0.455. The van der Waals surface area contributed by atoms with Crippen LogP contribution in [0.1, 0.15) is 76.7 Å². The molecular weight excluding hydrogens is 488 g/mol. The van der Waals surface area contributed by atoms with Crippen LogP contribution in [0.2, 0.25) is 0 Å². The minimum absolute atomic E-state index is 0.0530. The molecule has 2 aliphatic carbocycles. The molecule has 0 spiro atoms. The van der Waals surface area contributed by atoms with Crippen molar-refractivity contribution in [1.82, 2.24) is 0 Å². The van der Waals surface area contributed by atoms with Crippen LogP contribution in [-0.2, 0) is 0 Å². The van der Waals surface area contributed by atoms with Gasteiger partial charge in [0.2, 0.25) is 5.82 Å². The maximum Gasteiger partial charge on any atom is 0.201 e. The van der Waals surface area contributed by atoms with E-state index in [2.05, 4.69) is 6.92 Å². The van der Waals surface area contributed by atoms with Gasteiger partial charge in [-0.05, 0) is 97.9 Å². The van der Waals surface area contributed by atoms with E-state index in [1.165, 1.54) is 37.8 Å². The van der Waals surface area contributed by atoms with Gasteiger partial charge in [-0.3, -0.25) is 0 Å². The molecule has 0 radical (unpaired) electrons. The van der Waals surface area contributed by atoms with Gasteiger partial charge in [-0.15, -0.1) is 0 Å². The van der Waals surface area contributed by atoms with Crippen LogP contribution in [0.3, 0.4) is 0 Å². The molecule has 2 saturated carbocycles. The first-order valence-corrected chi connectivity index (χ1v) is 14.1. The van der Waals surface area contributed by atoms with Gasteiger partial charge in [0.1, 0.15) is 0 Å². The molecule has 0 atom stereocenters. The van der Waals surface area contributed by atoms with Gasteiger partial charge in [-0.25, -0.2) is 13.2 Å². The van der Waals surface area contributed by atoms with Crippen molar-refractivity contribution in [3.63, 3.8) is 0 Å². The molecule has 5 rings (SSSR count). The lowest BCUT2D eigenvalue weighted by Gasteiger charge is -2.37. The van der Waals surface area contributed by atoms with Gasteiger partial charge in [0.05, 0.1) is 6.61 Å². The molecule has 1 nitrogen and oxygen atoms in total. The second-order valence-electron chi connectivity index (χ2n) is 11.2. The van der Waals surface area contributed by atoms with Crippen LogP contribution < -0.4 is 4.74 Å². The Morgan fingerprint density at radius 3 is 1.66 bits per heavy atom. The van der Waals surface area contributed by atoms with Crippen molar-refractivity contribution in [1.29, 1.82) is 0 Å². The number of ether oxygens (including phenoxy) is 1. The Labute approximate surface area is 223 Å². The molecule has 38 heavy (non-hydrogen) atoms. The summed E-state index contributed by atoms with van der Waals surface area (Å²) in [6.07, 6.45) is 9.27. The first-order valence-electron chi connectivity index (χ1n) is 14.1. The maximum atomic E-state index is 15.3. The van der Waals surface area contributed by atoms with Crippen LogP contribution in [0.5, 0.6) is 5.75 Å². The summed E-state index contributed by atoms with van der Waals surface area (Å²) in [5, 5.41) is 0. The van der Waals surface area contributed by atoms with Crippen molar-refractivity contribution in [2.75, 3.05) is 6.61 Å². The van der Waals surface area contributed by atoms with E-state index in [0.717, 1.165) is 43.4 Å². The summed E-state index contributed by atoms with van der Waals surface area (Å²) < 4.78 is 64.6. The number of rotatable bonds is 6. The predicted molar refractivity (Wildman–Crippen MR) is 144 cm³/mol. The lowest BCUT2D eigenvalue weighted by atomic mass is 9.68. The summed E-state index contributed by atoms with van der Waals surface area (Å²) in [7, 11) is 0. The van der Waals surface area contributed by atoms with Crippen LogP contribution >= 0.6 is 0 Å². The second-order valence-corrected chi connectivity index (χ2v) is 11.2. The Bertz CT molecular complexity index is 1250. The predicted octanol–water partition coefficient (Wildman–Crippen LogP) is 10.1. The Morgan fingerprint density at radius 1 is 0.605 bits per heavy atom. The summed E-state index contributed by atoms with van der Waals surface area (Å²) in [5.74, 6) is -1.39. The second kappa shape index (κ2) is 11.5. The van der Waals surface area contributed by atoms with Gasteiger partial charge < -0.3 is 4.74 Å². The average Bonchev–Trinajstić information content (AvgIpc) is 2.94. The monoisotopic (exact) mass is 524 g/mol. The molecule has 202 valence electrons. The van der Waals surface area contributed by atoms with E-state index < -0.39 is 23.3 Å². The van der Waals surface area contributed by atoms with Crippen molar-refractivity contribution in [2.24, 2.45) is 17.8 Å². The Hall–Kier alpha value is -2.82. The molecule has 0 saturated heterocycles. The quantitative estimate of drug-likeness (QED) is 0.292. The van der Waals surface area contributed by atoms with E-state index in [-0.39, 0.29) is 29.4 Å². The van der Waals surface area contributed by atoms with Crippen molar-refractivity contribution in [3.8, 4) is 28.0 Å². The minimum Gasteiger partial charge on any atom is -0.491 e. The maximum absolute atomic E-state index is 15.3. The zero-order chi connectivity index (χ0) is 26.8. The minimum atomic E-state index is -1.04. The third-order valence-corrected chi connectivity index (χ3v) is 8.90. The molecule has 5 heteroatoms. The van der Waals surface area contributed by atoms with E-state index in [1.807, 2.05) is 0 Å². The van der Waals surface area contributed by atoms with Crippen LogP contribution in [0, 0.1) is 41.0 Å². The van der Waals surface area contributed by atoms with Crippen molar-refractivity contribution in [2.45, 2.75) is 71.1 Å². The normalized spacial score (nSPS) is 23.8. The van der Waals surface area contributed by atoms with Crippen molar-refractivity contribution in [3.05, 3.63) is 77.4 Å². The number of hydrogen-bond donors (Lipinski definition) is 0. The first-order chi connectivity index (χ1) is 18.4. The summed E-state index contributed by atoms with van der Waals surface area (Å²) in [4.78, 5) is 0. The van der Waals surface area contributed by atoms with Crippen LogP contribution in [0.15, 0.2) is 48.5 Å². The number of benzene rings is 3. The molecule has 2 fully saturated rings. The van der Waals surface area contributed by atoms with Gasteiger partial charge in [-0.2, -0.15) is 4.39 Å². The Kier molecular flexibility index (Phi) is 8.11. The van der Waals surface area contributed by atoms with Gasteiger partial charge in [0.15, 0.2) is 23.2 Å². The van der Waals surface area contributed by atoms with Crippen LogP contribution in [-0.4, -0.2) is 6.61 Å². The van der Waals surface area contributed by atoms with E-state index in [0.29, 0.717) is 16.7 Å². The third kappa shape index (κ3) is 5.34. The molecule has 2 aliphatic rings. The van der Waals surface area contributed by atoms with Gasteiger partial charge in [0, 0.05) is 11.1 Å². The highest BCUT2D eigenvalue weighted by Gasteiger charge is 2.32. The summed E-state index contributed by atoms with van der Waals surface area (Å²) in [5.41, 5.74) is 1.65. The number of hydrogen-bond acceptors (Lipinski definition) is 1. The van der Waals surface area contributed by atoms with Gasteiger partial charge in [0.25, 0.3) is 0 Å². The average molecular weight is 525 g/mol. The molecule has 0 unspecified atom stereocenters. The molecule has 0 N–H and O–H groups in total. The summed E-state index contributed by atoms with van der Waals surface area (Å²) in [6.45, 7) is 4.26. The highest BCUT2D eigenvalue weighted by molar-refractivity contribution is 5.72. The molecule has 3 aromatic carbocycles. The van der Waals surface area contributed by atoms with Crippen molar-refractivity contribution >= 4 is 0 Å². The first kappa shape index (κ1) is 26.8. The SMILES string of the molecule is CCOc1ccc(-c2ccc(-c3ccc(C4CCC(C5CCC(C)CC5)CC4)c(F)c3F)cc2)c(F)c1F. The van der Waals surface area contributed by atoms with Gasteiger partial charge >= 0.3 is 0 Å². The fourth-order valence-corrected chi connectivity index (χ4v) is 6.61. The topological polar surface area (TPSA) is 9.23 Å². The molecule has 0 heterocycles. The third-order valence-electron chi connectivity index (χ3n) is 8.90. The smallest absolute Gasteiger partial charge is 0.201 e. The molecule has 0 aromatic heterocycles. The standard InChI is InChI=1S/C33H36F4O/c1-3-38-29-19-18-28(32(36)33(29)37)25-14-12-24(13-15-25)27-17-16-26(30(34)31(27)35)23-10-8-22(9-11-23)21-6-4-20(2)5-7-21/h12-23H,3-11H2,1-2H3. The largest absolute Gasteiger partial charge is 0.491 e.